The molecule has 3 rings (SSSR count). The van der Waals surface area contributed by atoms with Gasteiger partial charge in [-0.15, -0.1) is 0 Å². The first-order valence-corrected chi connectivity index (χ1v) is 10.5. The largest absolute Gasteiger partial charge is 0.295 e. The number of hydrogen-bond donors (Lipinski definition) is 0. The molecule has 2 aromatic carbocycles. The van der Waals surface area contributed by atoms with Crippen LogP contribution in [0.1, 0.15) is 28.5 Å². The van der Waals surface area contributed by atoms with Gasteiger partial charge in [0.2, 0.25) is 10.0 Å². The van der Waals surface area contributed by atoms with Crippen LogP contribution < -0.4 is 0 Å². The van der Waals surface area contributed by atoms with Gasteiger partial charge in [-0.1, -0.05) is 24.3 Å². The average Bonchev–Trinajstić information content (AvgIpc) is 2.76. The van der Waals surface area contributed by atoms with Crippen LogP contribution in [0.25, 0.3) is 0 Å². The van der Waals surface area contributed by atoms with Crippen LogP contribution >= 0.6 is 0 Å². The van der Waals surface area contributed by atoms with Crippen LogP contribution in [0.15, 0.2) is 53.6 Å². The zero-order valence-electron chi connectivity index (χ0n) is 16.5. The summed E-state index contributed by atoms with van der Waals surface area (Å²) in [4.78, 5) is 13.8. The lowest BCUT2D eigenvalue weighted by Gasteiger charge is -2.23. The van der Waals surface area contributed by atoms with E-state index in [4.69, 9.17) is 0 Å². The molecule has 11 heteroatoms. The topological polar surface area (TPSA) is 67.3 Å². The molecule has 0 amide bonds. The molecule has 32 heavy (non-hydrogen) atoms. The lowest BCUT2D eigenvalue weighted by atomic mass is 10.1. The number of aromatic nitrogens is 1. The van der Waals surface area contributed by atoms with Crippen LogP contribution in [-0.2, 0) is 23.1 Å². The van der Waals surface area contributed by atoms with E-state index in [0.717, 1.165) is 12.3 Å². The molecular weight excluding hydrogens is 455 g/mol. The Morgan fingerprint density at radius 3 is 2.12 bits per heavy atom. The highest BCUT2D eigenvalue weighted by molar-refractivity contribution is 7.89. The molecule has 0 aliphatic rings. The van der Waals surface area contributed by atoms with Crippen molar-refractivity contribution in [2.45, 2.75) is 24.9 Å². The van der Waals surface area contributed by atoms with Crippen molar-refractivity contribution >= 4 is 15.8 Å². The number of hydrogen-bond acceptors (Lipinski definition) is 4. The maximum absolute atomic E-state index is 14.3. The zero-order valence-corrected chi connectivity index (χ0v) is 17.3. The average molecular weight is 470 g/mol. The molecule has 168 valence electrons. The van der Waals surface area contributed by atoms with Gasteiger partial charge in [0.15, 0.2) is 29.1 Å². The minimum Gasteiger partial charge on any atom is -0.295 e. The van der Waals surface area contributed by atoms with Gasteiger partial charge in [0.25, 0.3) is 0 Å². The number of rotatable bonds is 7. The molecule has 0 aliphatic carbocycles. The van der Waals surface area contributed by atoms with Crippen LogP contribution in [-0.4, -0.2) is 23.5 Å². The summed E-state index contributed by atoms with van der Waals surface area (Å²) >= 11 is 0. The quantitative estimate of drug-likeness (QED) is 0.223. The van der Waals surface area contributed by atoms with Gasteiger partial charge in [0.1, 0.15) is 10.7 Å². The Morgan fingerprint density at radius 1 is 0.906 bits per heavy atom. The van der Waals surface area contributed by atoms with Crippen LogP contribution in [0.2, 0.25) is 0 Å². The predicted octanol–water partition coefficient (Wildman–Crippen LogP) is 4.37. The van der Waals surface area contributed by atoms with Crippen molar-refractivity contribution in [1.82, 2.24) is 9.29 Å². The summed E-state index contributed by atoms with van der Waals surface area (Å²) in [6.45, 7) is 0.406. The molecule has 0 saturated carbocycles. The van der Waals surface area contributed by atoms with E-state index in [-0.39, 0.29) is 17.5 Å². The summed E-state index contributed by atoms with van der Waals surface area (Å²) in [5, 5.41) is 0. The summed E-state index contributed by atoms with van der Waals surface area (Å²) in [6.07, 6.45) is 0.833. The first-order chi connectivity index (χ1) is 15.0. The van der Waals surface area contributed by atoms with E-state index in [1.807, 2.05) is 0 Å². The Balaban J connectivity index is 2.06. The third-order valence-corrected chi connectivity index (χ3v) is 6.32. The first-order valence-electron chi connectivity index (χ1n) is 9.04. The number of carbonyl (C=O) groups is 1. The highest BCUT2D eigenvalue weighted by atomic mass is 32.2. The molecule has 0 N–H and O–H groups in total. The van der Waals surface area contributed by atoms with E-state index in [0.29, 0.717) is 15.4 Å². The van der Waals surface area contributed by atoms with Crippen molar-refractivity contribution in [2.24, 2.45) is 0 Å². The normalized spacial score (nSPS) is 11.7. The summed E-state index contributed by atoms with van der Waals surface area (Å²) in [5.74, 6) is -9.28. The minimum atomic E-state index is -4.92. The molecule has 0 radical (unpaired) electrons. The second kappa shape index (κ2) is 9.13. The number of benzene rings is 2. The zero-order chi connectivity index (χ0) is 23.6. The van der Waals surface area contributed by atoms with Gasteiger partial charge < -0.3 is 0 Å². The Kier molecular flexibility index (Phi) is 6.70. The second-order valence-electron chi connectivity index (χ2n) is 6.79. The van der Waals surface area contributed by atoms with Crippen molar-refractivity contribution in [3.8, 4) is 0 Å². The van der Waals surface area contributed by atoms with Crippen molar-refractivity contribution in [3.05, 3.63) is 94.6 Å². The van der Waals surface area contributed by atoms with Crippen LogP contribution in [0, 0.1) is 29.1 Å². The molecule has 5 nitrogen and oxygen atoms in total. The lowest BCUT2D eigenvalue weighted by molar-refractivity contribution is 0.101. The highest BCUT2D eigenvalue weighted by Gasteiger charge is 2.32. The monoisotopic (exact) mass is 470 g/mol. The molecule has 0 unspecified atom stereocenters. The van der Waals surface area contributed by atoms with E-state index in [1.54, 1.807) is 0 Å². The maximum atomic E-state index is 14.3. The standard InChI is InChI=1S/C21H15F5N2O3S/c1-12(29)14-4-2-13(3-5-14)10-28(11-16-7-6-15(22)9-27-16)32(30,31)18-8-17(23)19(24)21(26)20(18)25/h2-9H,10-11H2,1H3. The van der Waals surface area contributed by atoms with Crippen molar-refractivity contribution in [1.29, 1.82) is 0 Å². The van der Waals surface area contributed by atoms with Crippen molar-refractivity contribution in [2.75, 3.05) is 0 Å². The number of nitrogens with zero attached hydrogens (tertiary/aromatic N) is 2. The Labute approximate surface area is 180 Å². The molecule has 0 spiro atoms. The summed E-state index contributed by atoms with van der Waals surface area (Å²) in [7, 11) is -4.92. The van der Waals surface area contributed by atoms with Gasteiger partial charge in [-0.05, 0) is 24.6 Å². The van der Waals surface area contributed by atoms with Gasteiger partial charge in [-0.2, -0.15) is 4.31 Å². The SMILES string of the molecule is CC(=O)c1ccc(CN(Cc2ccc(F)cn2)S(=O)(=O)c2cc(F)c(F)c(F)c2F)cc1. The fourth-order valence-electron chi connectivity index (χ4n) is 2.83. The lowest BCUT2D eigenvalue weighted by Crippen LogP contribution is -2.31. The number of halogens is 5. The third kappa shape index (κ3) is 4.83. The molecule has 0 fully saturated rings. The number of ketones is 1. The van der Waals surface area contributed by atoms with Gasteiger partial charge in [-0.25, -0.2) is 30.4 Å². The number of Topliss-reactive ketones (excluding diaryl/α,β-unsaturated/α-hetero) is 1. The van der Waals surface area contributed by atoms with Crippen LogP contribution in [0.5, 0.6) is 0 Å². The number of pyridine rings is 1. The molecule has 0 saturated heterocycles. The molecule has 0 bridgehead atoms. The Morgan fingerprint density at radius 2 is 1.56 bits per heavy atom. The fourth-order valence-corrected chi connectivity index (χ4v) is 4.30. The van der Waals surface area contributed by atoms with E-state index in [9.17, 15) is 35.2 Å². The maximum Gasteiger partial charge on any atom is 0.246 e. The highest BCUT2D eigenvalue weighted by Crippen LogP contribution is 2.27. The van der Waals surface area contributed by atoms with Crippen LogP contribution in [0.3, 0.4) is 0 Å². The molecular formula is C21H15F5N2O3S. The molecule has 1 heterocycles. The summed E-state index contributed by atoms with van der Waals surface area (Å²) in [5.41, 5.74) is 0.764. The van der Waals surface area contributed by atoms with Gasteiger partial charge in [-0.3, -0.25) is 9.78 Å². The van der Waals surface area contributed by atoms with Gasteiger partial charge in [0, 0.05) is 18.2 Å². The van der Waals surface area contributed by atoms with E-state index in [1.165, 1.54) is 37.3 Å². The number of sulfonamides is 1. The van der Waals surface area contributed by atoms with Crippen molar-refractivity contribution in [3.63, 3.8) is 0 Å². The Hall–Kier alpha value is -3.18. The third-order valence-electron chi connectivity index (χ3n) is 4.53. The number of carbonyl (C=O) groups excluding carboxylic acids is 1. The van der Waals surface area contributed by atoms with Gasteiger partial charge in [0.05, 0.1) is 18.4 Å². The second-order valence-corrected chi connectivity index (χ2v) is 8.70. The molecule has 0 aliphatic heterocycles. The molecule has 1 aromatic heterocycles. The molecule has 3 aromatic rings. The van der Waals surface area contributed by atoms with Crippen molar-refractivity contribution < 1.29 is 35.2 Å². The first kappa shape index (κ1) is 23.5. The molecule has 0 atom stereocenters. The van der Waals surface area contributed by atoms with E-state index in [2.05, 4.69) is 4.98 Å². The van der Waals surface area contributed by atoms with Crippen LogP contribution in [0.4, 0.5) is 22.0 Å². The van der Waals surface area contributed by atoms with E-state index >= 15 is 0 Å². The summed E-state index contributed by atoms with van der Waals surface area (Å²) in [6, 6.07) is 8.02. The smallest absolute Gasteiger partial charge is 0.246 e. The van der Waals surface area contributed by atoms with E-state index < -0.39 is 57.1 Å². The summed E-state index contributed by atoms with van der Waals surface area (Å²) < 4.78 is 95.0. The van der Waals surface area contributed by atoms with Gasteiger partial charge >= 0.3 is 0 Å². The predicted molar refractivity (Wildman–Crippen MR) is 103 cm³/mol. The Bertz CT molecular complexity index is 1260. The minimum absolute atomic E-state index is 0.0486. The fraction of sp³-hybridized carbons (Fsp3) is 0.143.